The lowest BCUT2D eigenvalue weighted by Gasteiger charge is -2.16. The van der Waals surface area contributed by atoms with Gasteiger partial charge in [-0.25, -0.2) is 0 Å². The number of allylic oxidation sites excluding steroid dienone is 1. The van der Waals surface area contributed by atoms with Crippen LogP contribution < -0.4 is 5.12 Å². The number of hydrazone groups is 2. The smallest absolute Gasteiger partial charge is 0.282 e. The number of anilines is 1. The second kappa shape index (κ2) is 11.3. The molecule has 0 unspecified atom stereocenters. The van der Waals surface area contributed by atoms with Gasteiger partial charge in [0.1, 0.15) is 9.79 Å². The lowest BCUT2D eigenvalue weighted by molar-refractivity contribution is -0.385. The average molecular weight is 537 g/mol. The summed E-state index contributed by atoms with van der Waals surface area (Å²) >= 11 is 0. The Labute approximate surface area is 208 Å². The molecule has 36 heavy (non-hydrogen) atoms. The first-order valence-electron chi connectivity index (χ1n) is 10.2. The minimum absolute atomic E-state index is 0.0372. The van der Waals surface area contributed by atoms with Gasteiger partial charge >= 0.3 is 0 Å². The Morgan fingerprint density at radius 1 is 0.972 bits per heavy atom. The SMILES string of the molecule is C=CC/C(C)=N/N(N=C(C)C)c1ccc(/C=C/c2ccc([N+](=O)[O-])cc2S(=O)(=O)O)c(S(=O)(=O)O)c1. The topological polar surface area (TPSA) is 180 Å². The van der Waals surface area contributed by atoms with Crippen molar-refractivity contribution in [3.8, 4) is 0 Å². The highest BCUT2D eigenvalue weighted by Crippen LogP contribution is 2.28. The number of benzene rings is 2. The molecular weight excluding hydrogens is 512 g/mol. The molecule has 2 rings (SSSR count). The van der Waals surface area contributed by atoms with Crippen LogP contribution in [0.1, 0.15) is 38.3 Å². The van der Waals surface area contributed by atoms with Crippen LogP contribution in [-0.4, -0.2) is 42.3 Å². The molecule has 0 bridgehead atoms. The number of non-ortho nitro benzene ring substituents is 1. The fourth-order valence-electron chi connectivity index (χ4n) is 2.92. The van der Waals surface area contributed by atoms with Crippen LogP contribution in [0.2, 0.25) is 0 Å². The van der Waals surface area contributed by atoms with E-state index < -0.39 is 40.6 Å². The maximum Gasteiger partial charge on any atom is 0.295 e. The molecule has 0 aliphatic rings. The zero-order chi connectivity index (χ0) is 27.3. The van der Waals surface area contributed by atoms with Crippen LogP contribution in [0.25, 0.3) is 12.2 Å². The Morgan fingerprint density at radius 3 is 1.97 bits per heavy atom. The molecule has 0 saturated heterocycles. The first-order chi connectivity index (χ1) is 16.6. The highest BCUT2D eigenvalue weighted by molar-refractivity contribution is 7.86. The Kier molecular flexibility index (Phi) is 8.99. The average Bonchev–Trinajstić information content (AvgIpc) is 2.75. The number of nitrogens with zero attached hydrogens (tertiary/aromatic N) is 4. The fourth-order valence-corrected chi connectivity index (χ4v) is 4.33. The summed E-state index contributed by atoms with van der Waals surface area (Å²) in [5.74, 6) is 0. The number of nitro benzene ring substituents is 1. The predicted molar refractivity (Wildman–Crippen MR) is 137 cm³/mol. The molecule has 2 aromatic rings. The molecule has 192 valence electrons. The molecule has 0 atom stereocenters. The molecule has 2 aromatic carbocycles. The summed E-state index contributed by atoms with van der Waals surface area (Å²) in [6.45, 7) is 8.79. The maximum absolute atomic E-state index is 12.1. The summed E-state index contributed by atoms with van der Waals surface area (Å²) in [5.41, 5.74) is 0.692. The Balaban J connectivity index is 2.67. The van der Waals surface area contributed by atoms with Gasteiger partial charge in [-0.1, -0.05) is 24.3 Å². The van der Waals surface area contributed by atoms with Crippen LogP contribution in [0.15, 0.2) is 69.0 Å². The molecule has 12 nitrogen and oxygen atoms in total. The molecular formula is C22H24N4O8S2. The van der Waals surface area contributed by atoms with Gasteiger partial charge in [-0.15, -0.1) is 6.58 Å². The highest BCUT2D eigenvalue weighted by Gasteiger charge is 2.20. The Hall–Kier alpha value is -3.72. The molecule has 0 spiro atoms. The van der Waals surface area contributed by atoms with Crippen LogP contribution in [-0.2, 0) is 20.2 Å². The second-order valence-corrected chi connectivity index (χ2v) is 10.4. The summed E-state index contributed by atoms with van der Waals surface area (Å²) in [4.78, 5) is 8.86. The lowest BCUT2D eigenvalue weighted by Crippen LogP contribution is -2.14. The molecule has 0 fully saturated rings. The number of hydrogen-bond acceptors (Lipinski definition) is 9. The zero-order valence-corrected chi connectivity index (χ0v) is 21.2. The van der Waals surface area contributed by atoms with Crippen molar-refractivity contribution in [2.24, 2.45) is 10.2 Å². The van der Waals surface area contributed by atoms with Crippen molar-refractivity contribution < 1.29 is 30.9 Å². The van der Waals surface area contributed by atoms with Crippen molar-refractivity contribution in [1.29, 1.82) is 0 Å². The van der Waals surface area contributed by atoms with Gasteiger partial charge in [-0.3, -0.25) is 19.2 Å². The Morgan fingerprint density at radius 2 is 1.50 bits per heavy atom. The minimum Gasteiger partial charge on any atom is -0.282 e. The summed E-state index contributed by atoms with van der Waals surface area (Å²) < 4.78 is 67.1. The summed E-state index contributed by atoms with van der Waals surface area (Å²) in [6.07, 6.45) is 4.39. The van der Waals surface area contributed by atoms with Gasteiger partial charge in [0.15, 0.2) is 0 Å². The van der Waals surface area contributed by atoms with E-state index >= 15 is 0 Å². The van der Waals surface area contributed by atoms with E-state index in [9.17, 15) is 36.1 Å². The van der Waals surface area contributed by atoms with Crippen LogP contribution in [0.4, 0.5) is 11.4 Å². The maximum atomic E-state index is 12.1. The van der Waals surface area contributed by atoms with Crippen LogP contribution >= 0.6 is 0 Å². The van der Waals surface area contributed by atoms with E-state index in [1.54, 1.807) is 26.8 Å². The summed E-state index contributed by atoms with van der Waals surface area (Å²) in [6, 6.07) is 6.72. The van der Waals surface area contributed by atoms with Crippen molar-refractivity contribution in [1.82, 2.24) is 0 Å². The van der Waals surface area contributed by atoms with Crippen molar-refractivity contribution in [2.75, 3.05) is 5.12 Å². The standard InChI is InChI=1S/C22H24N4O8S2/c1-5-6-16(4)24-25(23-15(2)3)19-11-9-17(21(13-19)35(29,30)31)7-8-18-10-12-20(26(27)28)14-22(18)36(32,33)34/h5,7-14H,1,6H2,2-4H3,(H,29,30,31)(H,32,33,34)/b8-7+,24-16+. The highest BCUT2D eigenvalue weighted by atomic mass is 32.2. The molecule has 0 aromatic heterocycles. The van der Waals surface area contributed by atoms with Gasteiger partial charge in [-0.2, -0.15) is 32.2 Å². The Bertz CT molecular complexity index is 1490. The van der Waals surface area contributed by atoms with Crippen LogP contribution in [0, 0.1) is 10.1 Å². The monoisotopic (exact) mass is 536 g/mol. The molecule has 0 heterocycles. The van der Waals surface area contributed by atoms with Gasteiger partial charge in [0.25, 0.3) is 25.9 Å². The lowest BCUT2D eigenvalue weighted by atomic mass is 10.1. The predicted octanol–water partition coefficient (Wildman–Crippen LogP) is 4.41. The van der Waals surface area contributed by atoms with E-state index in [1.165, 1.54) is 23.3 Å². The summed E-state index contributed by atoms with van der Waals surface area (Å²) in [5, 5.41) is 20.8. The molecule has 0 radical (unpaired) electrons. The van der Waals surface area contributed by atoms with E-state index in [2.05, 4.69) is 16.8 Å². The van der Waals surface area contributed by atoms with Crippen molar-refractivity contribution >= 4 is 55.2 Å². The van der Waals surface area contributed by atoms with Gasteiger partial charge in [0, 0.05) is 30.0 Å². The zero-order valence-electron chi connectivity index (χ0n) is 19.6. The van der Waals surface area contributed by atoms with Gasteiger partial charge in [0.2, 0.25) is 0 Å². The van der Waals surface area contributed by atoms with Crippen molar-refractivity contribution in [3.05, 3.63) is 70.3 Å². The van der Waals surface area contributed by atoms with Crippen LogP contribution in [0.3, 0.4) is 0 Å². The van der Waals surface area contributed by atoms with E-state index in [0.717, 1.165) is 24.3 Å². The van der Waals surface area contributed by atoms with E-state index in [1.807, 2.05) is 0 Å². The third kappa shape index (κ3) is 7.64. The van der Waals surface area contributed by atoms with Crippen molar-refractivity contribution in [3.63, 3.8) is 0 Å². The fraction of sp³-hybridized carbons (Fsp3) is 0.182. The van der Waals surface area contributed by atoms with E-state index in [-0.39, 0.29) is 16.8 Å². The van der Waals surface area contributed by atoms with Gasteiger partial charge in [0.05, 0.1) is 10.6 Å². The van der Waals surface area contributed by atoms with Crippen LogP contribution in [0.5, 0.6) is 0 Å². The molecule has 0 aliphatic carbocycles. The first kappa shape index (κ1) is 28.5. The molecule has 0 amide bonds. The first-order valence-corrected chi connectivity index (χ1v) is 13.0. The van der Waals surface area contributed by atoms with E-state index in [4.69, 9.17) is 0 Å². The van der Waals surface area contributed by atoms with E-state index in [0.29, 0.717) is 23.9 Å². The molecule has 2 N–H and O–H groups in total. The van der Waals surface area contributed by atoms with Gasteiger partial charge < -0.3 is 0 Å². The molecule has 0 aliphatic heterocycles. The number of rotatable bonds is 10. The second-order valence-electron chi connectivity index (χ2n) is 7.65. The van der Waals surface area contributed by atoms with Gasteiger partial charge in [-0.05, 0) is 50.1 Å². The summed E-state index contributed by atoms with van der Waals surface area (Å²) in [7, 11) is -9.61. The normalized spacial score (nSPS) is 12.4. The third-order valence-electron chi connectivity index (χ3n) is 4.43. The largest absolute Gasteiger partial charge is 0.295 e. The number of nitro groups is 1. The van der Waals surface area contributed by atoms with Crippen molar-refractivity contribution in [2.45, 2.75) is 37.0 Å². The quantitative estimate of drug-likeness (QED) is 0.111. The molecule has 14 heteroatoms. The molecule has 0 saturated carbocycles. The third-order valence-corrected chi connectivity index (χ3v) is 6.25. The minimum atomic E-state index is -4.84. The number of hydrogen-bond donors (Lipinski definition) is 2.